The van der Waals surface area contributed by atoms with Crippen LogP contribution in [0.4, 0.5) is 0 Å². The average Bonchev–Trinajstić information content (AvgIpc) is 2.45. The Morgan fingerprint density at radius 2 is 2.00 bits per heavy atom. The number of rotatable bonds is 10. The summed E-state index contributed by atoms with van der Waals surface area (Å²) in [5.41, 5.74) is 1.19. The maximum atomic E-state index is 8.70. The minimum atomic E-state index is 0.252. The van der Waals surface area contributed by atoms with E-state index in [9.17, 15) is 0 Å². The van der Waals surface area contributed by atoms with Crippen molar-refractivity contribution < 1.29 is 14.6 Å². The third kappa shape index (κ3) is 5.94. The van der Waals surface area contributed by atoms with Gasteiger partial charge in [0.1, 0.15) is 0 Å². The molecule has 0 bridgehead atoms. The zero-order valence-corrected chi connectivity index (χ0v) is 11.9. The zero-order valence-electron chi connectivity index (χ0n) is 11.9. The van der Waals surface area contributed by atoms with Crippen LogP contribution in [0.5, 0.6) is 11.5 Å². The van der Waals surface area contributed by atoms with Crippen molar-refractivity contribution in [3.63, 3.8) is 0 Å². The first kappa shape index (κ1) is 15.8. The predicted octanol–water partition coefficient (Wildman–Crippen LogP) is 2.35. The molecule has 2 N–H and O–H groups in total. The Hall–Kier alpha value is -1.26. The van der Waals surface area contributed by atoms with Gasteiger partial charge in [-0.3, -0.25) is 0 Å². The van der Waals surface area contributed by atoms with Gasteiger partial charge >= 0.3 is 0 Å². The molecule has 0 aromatic heterocycles. The molecule has 1 aromatic carbocycles. The lowest BCUT2D eigenvalue weighted by molar-refractivity contribution is 0.260. The van der Waals surface area contributed by atoms with E-state index in [0.29, 0.717) is 6.61 Å². The van der Waals surface area contributed by atoms with Crippen LogP contribution in [0.15, 0.2) is 18.2 Å². The maximum Gasteiger partial charge on any atom is 0.161 e. The van der Waals surface area contributed by atoms with Crippen LogP contribution < -0.4 is 14.8 Å². The van der Waals surface area contributed by atoms with E-state index in [4.69, 9.17) is 14.6 Å². The molecular formula is C15H25NO3. The number of benzene rings is 1. The summed E-state index contributed by atoms with van der Waals surface area (Å²) in [5.74, 6) is 1.56. The third-order valence-corrected chi connectivity index (χ3v) is 2.87. The molecule has 1 rings (SSSR count). The highest BCUT2D eigenvalue weighted by atomic mass is 16.5. The van der Waals surface area contributed by atoms with E-state index in [1.54, 1.807) is 7.11 Å². The Bertz CT molecular complexity index is 355. The van der Waals surface area contributed by atoms with Crippen LogP contribution >= 0.6 is 0 Å². The molecule has 0 aliphatic carbocycles. The molecule has 4 nitrogen and oxygen atoms in total. The van der Waals surface area contributed by atoms with Crippen LogP contribution in [0, 0.1) is 0 Å². The highest BCUT2D eigenvalue weighted by Gasteiger charge is 2.05. The minimum Gasteiger partial charge on any atom is -0.493 e. The summed E-state index contributed by atoms with van der Waals surface area (Å²) in [7, 11) is 1.66. The van der Waals surface area contributed by atoms with Crippen LogP contribution in [-0.4, -0.2) is 32.0 Å². The molecule has 4 heteroatoms. The summed E-state index contributed by atoms with van der Waals surface area (Å²) >= 11 is 0. The lowest BCUT2D eigenvalue weighted by Crippen LogP contribution is -2.11. The molecule has 0 spiro atoms. The van der Waals surface area contributed by atoms with Crippen molar-refractivity contribution in [2.75, 3.05) is 26.9 Å². The fraction of sp³-hybridized carbons (Fsp3) is 0.600. The van der Waals surface area contributed by atoms with E-state index in [2.05, 4.69) is 12.2 Å². The number of unbranched alkanes of at least 4 members (excludes halogenated alkanes) is 2. The summed E-state index contributed by atoms with van der Waals surface area (Å²) in [6, 6.07) is 6.01. The molecule has 19 heavy (non-hydrogen) atoms. The Morgan fingerprint density at radius 1 is 1.16 bits per heavy atom. The number of hydrogen-bond donors (Lipinski definition) is 2. The van der Waals surface area contributed by atoms with E-state index < -0.39 is 0 Å². The van der Waals surface area contributed by atoms with Crippen LogP contribution in [0.25, 0.3) is 0 Å². The minimum absolute atomic E-state index is 0.252. The molecule has 0 saturated carbocycles. The molecule has 108 valence electrons. The van der Waals surface area contributed by atoms with E-state index in [0.717, 1.165) is 43.9 Å². The summed E-state index contributed by atoms with van der Waals surface area (Å²) < 4.78 is 11.1. The van der Waals surface area contributed by atoms with Gasteiger partial charge in [0.25, 0.3) is 0 Å². The average molecular weight is 267 g/mol. The van der Waals surface area contributed by atoms with Gasteiger partial charge < -0.3 is 19.9 Å². The molecule has 1 aromatic rings. The Balaban J connectivity index is 2.48. The summed E-state index contributed by atoms with van der Waals surface area (Å²) in [5, 5.41) is 12.0. The Morgan fingerprint density at radius 3 is 2.68 bits per heavy atom. The number of aliphatic hydroxyl groups excluding tert-OH is 1. The second kappa shape index (κ2) is 9.64. The van der Waals surface area contributed by atoms with Gasteiger partial charge in [0.05, 0.1) is 13.7 Å². The van der Waals surface area contributed by atoms with Crippen molar-refractivity contribution in [2.45, 2.75) is 32.7 Å². The van der Waals surface area contributed by atoms with Crippen molar-refractivity contribution >= 4 is 0 Å². The van der Waals surface area contributed by atoms with Gasteiger partial charge in [-0.05, 0) is 43.5 Å². The summed E-state index contributed by atoms with van der Waals surface area (Å²) in [6.45, 7) is 4.78. The Labute approximate surface area is 115 Å². The molecule has 0 saturated heterocycles. The quantitative estimate of drug-likeness (QED) is 0.639. The van der Waals surface area contributed by atoms with E-state index in [1.165, 1.54) is 5.56 Å². The normalized spacial score (nSPS) is 10.5. The summed E-state index contributed by atoms with van der Waals surface area (Å²) in [4.78, 5) is 0. The van der Waals surface area contributed by atoms with Crippen LogP contribution in [-0.2, 0) is 6.54 Å². The number of nitrogens with one attached hydrogen (secondary N) is 1. The second-order valence-corrected chi connectivity index (χ2v) is 4.40. The largest absolute Gasteiger partial charge is 0.493 e. The van der Waals surface area contributed by atoms with Gasteiger partial charge in [-0.15, -0.1) is 0 Å². The smallest absolute Gasteiger partial charge is 0.161 e. The molecule has 0 fully saturated rings. The molecule has 0 atom stereocenters. The van der Waals surface area contributed by atoms with Gasteiger partial charge in [0.2, 0.25) is 0 Å². The van der Waals surface area contributed by atoms with E-state index in [-0.39, 0.29) is 6.61 Å². The first-order chi connectivity index (χ1) is 9.31. The SMILES string of the molecule is CCNCc1ccc(OCCCCCO)c(OC)c1. The number of aliphatic hydroxyl groups is 1. The maximum absolute atomic E-state index is 8.70. The van der Waals surface area contributed by atoms with E-state index in [1.807, 2.05) is 18.2 Å². The zero-order chi connectivity index (χ0) is 13.9. The van der Waals surface area contributed by atoms with E-state index >= 15 is 0 Å². The number of ether oxygens (including phenoxy) is 2. The third-order valence-electron chi connectivity index (χ3n) is 2.87. The lowest BCUT2D eigenvalue weighted by atomic mass is 10.2. The molecular weight excluding hydrogens is 242 g/mol. The van der Waals surface area contributed by atoms with Gasteiger partial charge in [-0.1, -0.05) is 13.0 Å². The predicted molar refractivity (Wildman–Crippen MR) is 76.8 cm³/mol. The van der Waals surface area contributed by atoms with Crippen molar-refractivity contribution in [1.82, 2.24) is 5.32 Å². The molecule has 0 unspecified atom stereocenters. The van der Waals surface area contributed by atoms with Crippen LogP contribution in [0.2, 0.25) is 0 Å². The fourth-order valence-corrected chi connectivity index (χ4v) is 1.78. The summed E-state index contributed by atoms with van der Waals surface area (Å²) in [6.07, 6.45) is 2.77. The monoisotopic (exact) mass is 267 g/mol. The van der Waals surface area contributed by atoms with Gasteiger partial charge in [0.15, 0.2) is 11.5 Å². The lowest BCUT2D eigenvalue weighted by Gasteiger charge is -2.12. The van der Waals surface area contributed by atoms with Gasteiger partial charge in [-0.25, -0.2) is 0 Å². The Kier molecular flexibility index (Phi) is 8.02. The first-order valence-corrected chi connectivity index (χ1v) is 6.93. The van der Waals surface area contributed by atoms with Crippen LogP contribution in [0.3, 0.4) is 0 Å². The first-order valence-electron chi connectivity index (χ1n) is 6.93. The van der Waals surface area contributed by atoms with Crippen molar-refractivity contribution in [2.24, 2.45) is 0 Å². The molecule has 0 aliphatic rings. The highest BCUT2D eigenvalue weighted by Crippen LogP contribution is 2.28. The second-order valence-electron chi connectivity index (χ2n) is 4.40. The number of hydrogen-bond acceptors (Lipinski definition) is 4. The molecule has 0 heterocycles. The fourth-order valence-electron chi connectivity index (χ4n) is 1.78. The molecule has 0 amide bonds. The van der Waals surface area contributed by atoms with Crippen molar-refractivity contribution in [3.8, 4) is 11.5 Å². The number of methoxy groups -OCH3 is 1. The van der Waals surface area contributed by atoms with Crippen LogP contribution in [0.1, 0.15) is 31.7 Å². The van der Waals surface area contributed by atoms with Crippen molar-refractivity contribution in [1.29, 1.82) is 0 Å². The molecule has 0 radical (unpaired) electrons. The highest BCUT2D eigenvalue weighted by molar-refractivity contribution is 5.42. The van der Waals surface area contributed by atoms with Gasteiger partial charge in [0, 0.05) is 13.2 Å². The standard InChI is InChI=1S/C15H25NO3/c1-3-16-12-13-7-8-14(15(11-13)18-2)19-10-6-4-5-9-17/h7-8,11,16-17H,3-6,9-10,12H2,1-2H3. The van der Waals surface area contributed by atoms with Gasteiger partial charge in [-0.2, -0.15) is 0 Å². The topological polar surface area (TPSA) is 50.7 Å². The molecule has 0 aliphatic heterocycles. The van der Waals surface area contributed by atoms with Crippen molar-refractivity contribution in [3.05, 3.63) is 23.8 Å².